The van der Waals surface area contributed by atoms with Gasteiger partial charge in [0, 0.05) is 18.4 Å². The van der Waals surface area contributed by atoms with Crippen LogP contribution in [0.25, 0.3) is 0 Å². The molecule has 1 unspecified atom stereocenters. The van der Waals surface area contributed by atoms with Gasteiger partial charge in [0.25, 0.3) is 0 Å². The molecule has 1 heterocycles. The van der Waals surface area contributed by atoms with E-state index in [1.54, 1.807) is 12.3 Å². The number of likely N-dealkylation sites (N-methyl/N-ethyl adjacent to an activating group) is 1. The fraction of sp³-hybridized carbons (Fsp3) is 0.312. The molecule has 0 aliphatic rings. The normalized spacial score (nSPS) is 12.4. The second-order valence-electron chi connectivity index (χ2n) is 4.67. The number of benzene rings is 1. The van der Waals surface area contributed by atoms with E-state index in [9.17, 15) is 4.39 Å². The average molecular weight is 258 g/mol. The van der Waals surface area contributed by atoms with E-state index in [1.165, 1.54) is 6.07 Å². The molecule has 0 bridgehead atoms. The van der Waals surface area contributed by atoms with Crippen molar-refractivity contribution in [1.82, 2.24) is 10.3 Å². The Morgan fingerprint density at radius 3 is 2.79 bits per heavy atom. The smallest absolute Gasteiger partial charge is 0.123 e. The van der Waals surface area contributed by atoms with E-state index < -0.39 is 0 Å². The first-order valence-electron chi connectivity index (χ1n) is 6.59. The lowest BCUT2D eigenvalue weighted by Crippen LogP contribution is -2.23. The predicted octanol–water partition coefficient (Wildman–Crippen LogP) is 3.42. The standard InChI is InChI=1S/C16H19FN2/c1-3-19-16(14-5-4-8-18-11-14)10-13-6-7-15(17)9-12(13)2/h4-9,11,16,19H,3,10H2,1-2H3. The van der Waals surface area contributed by atoms with Gasteiger partial charge in [0.05, 0.1) is 0 Å². The first-order chi connectivity index (χ1) is 9.20. The van der Waals surface area contributed by atoms with Crippen molar-refractivity contribution in [2.24, 2.45) is 0 Å². The van der Waals surface area contributed by atoms with Crippen LogP contribution in [0, 0.1) is 12.7 Å². The van der Waals surface area contributed by atoms with Crippen LogP contribution in [0.3, 0.4) is 0 Å². The first-order valence-corrected chi connectivity index (χ1v) is 6.59. The molecule has 1 aromatic heterocycles. The maximum Gasteiger partial charge on any atom is 0.123 e. The summed E-state index contributed by atoms with van der Waals surface area (Å²) in [7, 11) is 0. The maximum atomic E-state index is 13.1. The number of pyridine rings is 1. The van der Waals surface area contributed by atoms with Gasteiger partial charge in [0.1, 0.15) is 5.82 Å². The van der Waals surface area contributed by atoms with Crippen molar-refractivity contribution in [3.05, 3.63) is 65.2 Å². The Morgan fingerprint density at radius 2 is 2.16 bits per heavy atom. The van der Waals surface area contributed by atoms with Crippen LogP contribution >= 0.6 is 0 Å². The highest BCUT2D eigenvalue weighted by Gasteiger charge is 2.12. The second-order valence-corrected chi connectivity index (χ2v) is 4.67. The third-order valence-electron chi connectivity index (χ3n) is 3.27. The molecule has 19 heavy (non-hydrogen) atoms. The van der Waals surface area contributed by atoms with Gasteiger partial charge in [-0.3, -0.25) is 4.98 Å². The zero-order chi connectivity index (χ0) is 13.7. The van der Waals surface area contributed by atoms with Gasteiger partial charge < -0.3 is 5.32 Å². The van der Waals surface area contributed by atoms with Gasteiger partial charge in [0.15, 0.2) is 0 Å². The molecule has 1 aromatic carbocycles. The largest absolute Gasteiger partial charge is 0.310 e. The van der Waals surface area contributed by atoms with E-state index in [0.29, 0.717) is 0 Å². The minimum Gasteiger partial charge on any atom is -0.310 e. The molecule has 0 aliphatic heterocycles. The minimum atomic E-state index is -0.178. The third kappa shape index (κ3) is 3.61. The zero-order valence-corrected chi connectivity index (χ0v) is 11.4. The highest BCUT2D eigenvalue weighted by atomic mass is 19.1. The monoisotopic (exact) mass is 258 g/mol. The van der Waals surface area contributed by atoms with E-state index in [2.05, 4.69) is 23.3 Å². The number of halogens is 1. The lowest BCUT2D eigenvalue weighted by atomic mass is 9.97. The molecule has 3 heteroatoms. The van der Waals surface area contributed by atoms with E-state index in [-0.39, 0.29) is 11.9 Å². The molecule has 0 aliphatic carbocycles. The summed E-state index contributed by atoms with van der Waals surface area (Å²) < 4.78 is 13.1. The molecule has 1 atom stereocenters. The topological polar surface area (TPSA) is 24.9 Å². The number of rotatable bonds is 5. The Hall–Kier alpha value is -1.74. The van der Waals surface area contributed by atoms with Crippen LogP contribution in [-0.2, 0) is 6.42 Å². The minimum absolute atomic E-state index is 0.178. The molecule has 2 nitrogen and oxygen atoms in total. The van der Waals surface area contributed by atoms with E-state index in [0.717, 1.165) is 29.7 Å². The van der Waals surface area contributed by atoms with Crippen LogP contribution in [0.2, 0.25) is 0 Å². The fourth-order valence-corrected chi connectivity index (χ4v) is 2.24. The van der Waals surface area contributed by atoms with Gasteiger partial charge in [-0.25, -0.2) is 4.39 Å². The number of nitrogens with one attached hydrogen (secondary N) is 1. The molecular formula is C16H19FN2. The first kappa shape index (κ1) is 13.7. The lowest BCUT2D eigenvalue weighted by Gasteiger charge is -2.19. The maximum absolute atomic E-state index is 13.1. The van der Waals surface area contributed by atoms with Crippen molar-refractivity contribution in [3.8, 4) is 0 Å². The number of nitrogens with zero attached hydrogens (tertiary/aromatic N) is 1. The summed E-state index contributed by atoms with van der Waals surface area (Å²) in [5.74, 6) is -0.178. The predicted molar refractivity (Wildman–Crippen MR) is 75.5 cm³/mol. The van der Waals surface area contributed by atoms with Crippen LogP contribution < -0.4 is 5.32 Å². The molecule has 0 amide bonds. The summed E-state index contributed by atoms with van der Waals surface area (Å²) in [6.45, 7) is 4.92. The molecule has 100 valence electrons. The molecule has 0 radical (unpaired) electrons. The summed E-state index contributed by atoms with van der Waals surface area (Å²) in [5.41, 5.74) is 3.32. The van der Waals surface area contributed by atoms with Gasteiger partial charge in [-0.15, -0.1) is 0 Å². The van der Waals surface area contributed by atoms with Crippen molar-refractivity contribution < 1.29 is 4.39 Å². The molecule has 2 rings (SSSR count). The second kappa shape index (κ2) is 6.43. The van der Waals surface area contributed by atoms with Crippen LogP contribution in [0.15, 0.2) is 42.7 Å². The van der Waals surface area contributed by atoms with Gasteiger partial charge >= 0.3 is 0 Å². The summed E-state index contributed by atoms with van der Waals surface area (Å²) >= 11 is 0. The highest BCUT2D eigenvalue weighted by Crippen LogP contribution is 2.20. The van der Waals surface area contributed by atoms with E-state index in [1.807, 2.05) is 25.3 Å². The number of aryl methyl sites for hydroxylation is 1. The van der Waals surface area contributed by atoms with Gasteiger partial charge in [0.2, 0.25) is 0 Å². The van der Waals surface area contributed by atoms with Crippen molar-refractivity contribution in [3.63, 3.8) is 0 Å². The summed E-state index contributed by atoms with van der Waals surface area (Å²) in [5, 5.41) is 3.46. The molecule has 0 saturated heterocycles. The summed E-state index contributed by atoms with van der Waals surface area (Å²) in [4.78, 5) is 4.17. The lowest BCUT2D eigenvalue weighted by molar-refractivity contribution is 0.546. The number of hydrogen-bond donors (Lipinski definition) is 1. The Bertz CT molecular complexity index is 526. The average Bonchev–Trinajstić information content (AvgIpc) is 2.42. The SMILES string of the molecule is CCNC(Cc1ccc(F)cc1C)c1cccnc1. The highest BCUT2D eigenvalue weighted by molar-refractivity contribution is 5.29. The van der Waals surface area contributed by atoms with Crippen LogP contribution in [0.4, 0.5) is 4.39 Å². The van der Waals surface area contributed by atoms with Crippen molar-refractivity contribution in [2.45, 2.75) is 26.3 Å². The van der Waals surface area contributed by atoms with Gasteiger partial charge in [-0.2, -0.15) is 0 Å². The zero-order valence-electron chi connectivity index (χ0n) is 11.4. The molecule has 0 spiro atoms. The Kier molecular flexibility index (Phi) is 4.63. The Morgan fingerprint density at radius 1 is 1.32 bits per heavy atom. The Labute approximate surface area is 113 Å². The molecule has 1 N–H and O–H groups in total. The van der Waals surface area contributed by atoms with Gasteiger partial charge in [-0.1, -0.05) is 19.1 Å². The molecular weight excluding hydrogens is 239 g/mol. The molecule has 0 saturated carbocycles. The number of aromatic nitrogens is 1. The summed E-state index contributed by atoms with van der Waals surface area (Å²) in [6.07, 6.45) is 4.49. The number of hydrogen-bond acceptors (Lipinski definition) is 2. The van der Waals surface area contributed by atoms with Crippen molar-refractivity contribution >= 4 is 0 Å². The van der Waals surface area contributed by atoms with Gasteiger partial charge in [-0.05, 0) is 54.8 Å². The summed E-state index contributed by atoms with van der Waals surface area (Å²) in [6, 6.07) is 9.20. The van der Waals surface area contributed by atoms with E-state index in [4.69, 9.17) is 0 Å². The quantitative estimate of drug-likeness (QED) is 0.888. The Balaban J connectivity index is 2.21. The van der Waals surface area contributed by atoms with Crippen molar-refractivity contribution in [1.29, 1.82) is 0 Å². The van der Waals surface area contributed by atoms with Crippen LogP contribution in [0.1, 0.15) is 29.7 Å². The molecule has 0 fully saturated rings. The third-order valence-corrected chi connectivity index (χ3v) is 3.27. The fourth-order valence-electron chi connectivity index (χ4n) is 2.24. The van der Waals surface area contributed by atoms with Crippen molar-refractivity contribution in [2.75, 3.05) is 6.54 Å². The van der Waals surface area contributed by atoms with Crippen LogP contribution in [-0.4, -0.2) is 11.5 Å². The van der Waals surface area contributed by atoms with Crippen LogP contribution in [0.5, 0.6) is 0 Å². The van der Waals surface area contributed by atoms with E-state index >= 15 is 0 Å². The molecule has 2 aromatic rings.